The summed E-state index contributed by atoms with van der Waals surface area (Å²) in [5, 5.41) is 3.55. The van der Waals surface area contributed by atoms with Gasteiger partial charge in [-0.15, -0.1) is 0 Å². The monoisotopic (exact) mass is 275 g/mol. The Balaban J connectivity index is 2.04. The molecule has 1 aromatic heterocycles. The molecule has 0 atom stereocenters. The molecule has 20 heavy (non-hydrogen) atoms. The van der Waals surface area contributed by atoms with Crippen molar-refractivity contribution < 1.29 is 0 Å². The molecule has 1 aliphatic rings. The van der Waals surface area contributed by atoms with E-state index in [4.69, 9.17) is 0 Å². The first-order chi connectivity index (χ1) is 9.72. The van der Waals surface area contributed by atoms with Crippen LogP contribution in [-0.4, -0.2) is 24.1 Å². The summed E-state index contributed by atoms with van der Waals surface area (Å²) in [4.78, 5) is 7.21. The molecule has 112 valence electrons. The Bertz CT molecular complexity index is 399. The molecule has 0 amide bonds. The summed E-state index contributed by atoms with van der Waals surface area (Å²) in [5.74, 6) is 1.90. The number of pyridine rings is 1. The van der Waals surface area contributed by atoms with Crippen molar-refractivity contribution in [2.45, 2.75) is 59.0 Å². The highest BCUT2D eigenvalue weighted by molar-refractivity contribution is 5.48. The van der Waals surface area contributed by atoms with Crippen molar-refractivity contribution in [3.8, 4) is 0 Å². The molecule has 2 rings (SSSR count). The van der Waals surface area contributed by atoms with Gasteiger partial charge in [0.05, 0.1) is 0 Å². The molecule has 1 saturated carbocycles. The highest BCUT2D eigenvalue weighted by Crippen LogP contribution is 2.32. The molecule has 0 radical (unpaired) electrons. The molecule has 0 aromatic carbocycles. The fourth-order valence-corrected chi connectivity index (χ4v) is 2.50. The number of rotatable bonds is 9. The molecule has 1 aromatic rings. The van der Waals surface area contributed by atoms with Gasteiger partial charge in [-0.3, -0.25) is 0 Å². The van der Waals surface area contributed by atoms with Crippen molar-refractivity contribution >= 4 is 5.82 Å². The first-order valence-electron chi connectivity index (χ1n) is 8.13. The predicted octanol–water partition coefficient (Wildman–Crippen LogP) is 3.60. The Morgan fingerprint density at radius 3 is 2.85 bits per heavy atom. The van der Waals surface area contributed by atoms with E-state index in [2.05, 4.69) is 48.1 Å². The average Bonchev–Trinajstić information content (AvgIpc) is 3.25. The number of unbranched alkanes of at least 4 members (excludes halogenated alkanes) is 1. The maximum atomic E-state index is 4.68. The summed E-state index contributed by atoms with van der Waals surface area (Å²) < 4.78 is 0. The van der Waals surface area contributed by atoms with E-state index in [0.29, 0.717) is 5.92 Å². The minimum absolute atomic E-state index is 0.690. The zero-order chi connectivity index (χ0) is 14.4. The minimum atomic E-state index is 0.690. The van der Waals surface area contributed by atoms with Crippen LogP contribution in [0, 0.1) is 5.92 Å². The highest BCUT2D eigenvalue weighted by atomic mass is 15.2. The Labute approximate surface area is 123 Å². The third-order valence-electron chi connectivity index (χ3n) is 3.75. The second kappa shape index (κ2) is 7.63. The van der Waals surface area contributed by atoms with E-state index in [1.165, 1.54) is 37.1 Å². The summed E-state index contributed by atoms with van der Waals surface area (Å²) in [7, 11) is 0. The highest BCUT2D eigenvalue weighted by Gasteiger charge is 2.30. The van der Waals surface area contributed by atoms with Crippen molar-refractivity contribution in [2.75, 3.05) is 18.0 Å². The third-order valence-corrected chi connectivity index (χ3v) is 3.75. The molecule has 3 nitrogen and oxygen atoms in total. The van der Waals surface area contributed by atoms with Crippen LogP contribution in [0.2, 0.25) is 0 Å². The van der Waals surface area contributed by atoms with Gasteiger partial charge >= 0.3 is 0 Å². The fraction of sp³-hybridized carbons (Fsp3) is 0.706. The second-order valence-electron chi connectivity index (χ2n) is 6.29. The van der Waals surface area contributed by atoms with E-state index in [9.17, 15) is 0 Å². The number of nitrogens with zero attached hydrogens (tertiary/aromatic N) is 2. The molecule has 1 fully saturated rings. The lowest BCUT2D eigenvalue weighted by Gasteiger charge is -2.26. The lowest BCUT2D eigenvalue weighted by atomic mass is 10.2. The number of anilines is 1. The second-order valence-corrected chi connectivity index (χ2v) is 6.29. The van der Waals surface area contributed by atoms with Gasteiger partial charge in [-0.1, -0.05) is 33.3 Å². The standard InChI is InChI=1S/C17H29N3/c1-4-5-11-20(16-8-9-16)17-15(7-6-10-19-17)13-18-12-14(2)3/h6-7,10,14,16,18H,4-5,8-9,11-13H2,1-3H3. The van der Waals surface area contributed by atoms with Crippen molar-refractivity contribution in [3.63, 3.8) is 0 Å². The summed E-state index contributed by atoms with van der Waals surface area (Å²) in [6, 6.07) is 5.01. The first kappa shape index (κ1) is 15.3. The van der Waals surface area contributed by atoms with Gasteiger partial charge in [-0.2, -0.15) is 0 Å². The van der Waals surface area contributed by atoms with Gasteiger partial charge in [-0.25, -0.2) is 4.98 Å². The molecule has 1 N–H and O–H groups in total. The maximum Gasteiger partial charge on any atom is 0.133 e. The first-order valence-corrected chi connectivity index (χ1v) is 8.13. The van der Waals surface area contributed by atoms with Crippen LogP contribution in [0.4, 0.5) is 5.82 Å². The molecule has 0 spiro atoms. The number of nitrogens with one attached hydrogen (secondary N) is 1. The van der Waals surface area contributed by atoms with Gasteiger partial charge in [0.1, 0.15) is 5.82 Å². The lowest BCUT2D eigenvalue weighted by molar-refractivity contribution is 0.551. The van der Waals surface area contributed by atoms with Gasteiger partial charge in [0.25, 0.3) is 0 Å². The van der Waals surface area contributed by atoms with Gasteiger partial charge in [-0.05, 0) is 37.8 Å². The van der Waals surface area contributed by atoms with Crippen molar-refractivity contribution in [3.05, 3.63) is 23.9 Å². The summed E-state index contributed by atoms with van der Waals surface area (Å²) >= 11 is 0. The number of hydrogen-bond donors (Lipinski definition) is 1. The fourth-order valence-electron chi connectivity index (χ4n) is 2.50. The van der Waals surface area contributed by atoms with Gasteiger partial charge < -0.3 is 10.2 Å². The van der Waals surface area contributed by atoms with E-state index in [1.807, 2.05) is 6.20 Å². The van der Waals surface area contributed by atoms with Crippen molar-refractivity contribution in [1.29, 1.82) is 0 Å². The van der Waals surface area contributed by atoms with E-state index in [0.717, 1.165) is 25.7 Å². The topological polar surface area (TPSA) is 28.2 Å². The van der Waals surface area contributed by atoms with Crippen LogP contribution < -0.4 is 10.2 Å². The van der Waals surface area contributed by atoms with Gasteiger partial charge in [0.15, 0.2) is 0 Å². The van der Waals surface area contributed by atoms with Crippen LogP contribution in [0.15, 0.2) is 18.3 Å². The van der Waals surface area contributed by atoms with E-state index < -0.39 is 0 Å². The number of aromatic nitrogens is 1. The van der Waals surface area contributed by atoms with E-state index in [-0.39, 0.29) is 0 Å². The van der Waals surface area contributed by atoms with Gasteiger partial charge in [0.2, 0.25) is 0 Å². The molecule has 1 aliphatic carbocycles. The van der Waals surface area contributed by atoms with Gasteiger partial charge in [0, 0.05) is 30.9 Å². The molecular weight excluding hydrogens is 246 g/mol. The summed E-state index contributed by atoms with van der Waals surface area (Å²) in [5.41, 5.74) is 1.34. The molecule has 1 heterocycles. The van der Waals surface area contributed by atoms with Crippen LogP contribution in [0.3, 0.4) is 0 Å². The van der Waals surface area contributed by atoms with Crippen molar-refractivity contribution in [1.82, 2.24) is 10.3 Å². The summed E-state index contributed by atoms with van der Waals surface area (Å²) in [6.45, 7) is 9.89. The van der Waals surface area contributed by atoms with Crippen LogP contribution in [0.5, 0.6) is 0 Å². The Hall–Kier alpha value is -1.09. The lowest BCUT2D eigenvalue weighted by Crippen LogP contribution is -2.30. The SMILES string of the molecule is CCCCN(c1ncccc1CNCC(C)C)C1CC1. The summed E-state index contributed by atoms with van der Waals surface area (Å²) in [6.07, 6.45) is 7.10. The smallest absolute Gasteiger partial charge is 0.133 e. The van der Waals surface area contributed by atoms with Crippen LogP contribution in [0.25, 0.3) is 0 Å². The van der Waals surface area contributed by atoms with Crippen LogP contribution >= 0.6 is 0 Å². The zero-order valence-corrected chi connectivity index (χ0v) is 13.2. The normalized spacial score (nSPS) is 14.8. The minimum Gasteiger partial charge on any atom is -0.353 e. The number of hydrogen-bond acceptors (Lipinski definition) is 3. The van der Waals surface area contributed by atoms with E-state index >= 15 is 0 Å². The average molecular weight is 275 g/mol. The maximum absolute atomic E-state index is 4.68. The predicted molar refractivity (Wildman–Crippen MR) is 86.1 cm³/mol. The molecule has 0 saturated heterocycles. The molecular formula is C17H29N3. The van der Waals surface area contributed by atoms with Crippen LogP contribution in [-0.2, 0) is 6.54 Å². The third kappa shape index (κ3) is 4.48. The molecule has 0 aliphatic heterocycles. The molecule has 0 unspecified atom stereocenters. The molecule has 3 heteroatoms. The Morgan fingerprint density at radius 1 is 1.40 bits per heavy atom. The Kier molecular flexibility index (Phi) is 5.84. The van der Waals surface area contributed by atoms with Crippen LogP contribution in [0.1, 0.15) is 52.0 Å². The Morgan fingerprint density at radius 2 is 2.20 bits per heavy atom. The quantitative estimate of drug-likeness (QED) is 0.746. The van der Waals surface area contributed by atoms with Crippen molar-refractivity contribution in [2.24, 2.45) is 5.92 Å². The largest absolute Gasteiger partial charge is 0.353 e. The molecule has 0 bridgehead atoms. The van der Waals surface area contributed by atoms with E-state index in [1.54, 1.807) is 0 Å². The zero-order valence-electron chi connectivity index (χ0n) is 13.2.